The van der Waals surface area contributed by atoms with Crippen molar-refractivity contribution in [1.82, 2.24) is 5.32 Å². The lowest BCUT2D eigenvalue weighted by Gasteiger charge is -2.34. The highest BCUT2D eigenvalue weighted by Crippen LogP contribution is 2.30. The molecule has 0 spiro atoms. The molecule has 1 N–H and O–H groups in total. The lowest BCUT2D eigenvalue weighted by Crippen LogP contribution is -2.40. The van der Waals surface area contributed by atoms with Crippen molar-refractivity contribution in [3.05, 3.63) is 38.3 Å². The Labute approximate surface area is 128 Å². The zero-order valence-corrected chi connectivity index (χ0v) is 13.5. The predicted octanol–water partition coefficient (Wildman–Crippen LogP) is 4.27. The van der Waals surface area contributed by atoms with E-state index < -0.39 is 0 Å². The molecular weight excluding hydrogens is 320 g/mol. The zero-order chi connectivity index (χ0) is 14.7. The molecule has 0 radical (unpaired) electrons. The highest BCUT2D eigenvalue weighted by Gasteiger charge is 2.26. The van der Waals surface area contributed by atoms with Gasteiger partial charge in [-0.15, -0.1) is 0 Å². The molecule has 3 unspecified atom stereocenters. The van der Waals surface area contributed by atoms with Crippen LogP contribution in [0.25, 0.3) is 0 Å². The third kappa shape index (κ3) is 3.58. The first-order chi connectivity index (χ1) is 9.49. The average Bonchev–Trinajstić information content (AvgIpc) is 2.41. The van der Waals surface area contributed by atoms with Gasteiger partial charge in [0.25, 0.3) is 5.69 Å². The Bertz CT molecular complexity index is 493. The second-order valence-electron chi connectivity index (χ2n) is 5.80. The standard InChI is InChI=1S/C15H21BrN2O2/c1-10-4-3-5-14(11(10)2)17-9-12-6-7-13(16)15(8-12)18(19)20/h6-8,10-11,14,17H,3-5,9H2,1-2H3. The van der Waals surface area contributed by atoms with E-state index in [-0.39, 0.29) is 10.6 Å². The summed E-state index contributed by atoms with van der Waals surface area (Å²) < 4.78 is 0.533. The van der Waals surface area contributed by atoms with Crippen LogP contribution in [0.2, 0.25) is 0 Å². The molecule has 3 atom stereocenters. The second kappa shape index (κ2) is 6.68. The van der Waals surface area contributed by atoms with Crippen LogP contribution in [-0.2, 0) is 6.54 Å². The summed E-state index contributed by atoms with van der Waals surface area (Å²) in [4.78, 5) is 10.6. The van der Waals surface area contributed by atoms with Crippen LogP contribution in [0.5, 0.6) is 0 Å². The van der Waals surface area contributed by atoms with Crippen LogP contribution in [0.15, 0.2) is 22.7 Å². The van der Waals surface area contributed by atoms with Gasteiger partial charge in [-0.2, -0.15) is 0 Å². The molecule has 0 amide bonds. The van der Waals surface area contributed by atoms with Crippen molar-refractivity contribution < 1.29 is 4.92 Å². The fraction of sp³-hybridized carbons (Fsp3) is 0.600. The van der Waals surface area contributed by atoms with Gasteiger partial charge in [0.2, 0.25) is 0 Å². The molecule has 2 rings (SSSR count). The van der Waals surface area contributed by atoms with Crippen LogP contribution in [0.3, 0.4) is 0 Å². The number of nitro benzene ring substituents is 1. The Kier molecular flexibility index (Phi) is 5.16. The Hall–Kier alpha value is -0.940. The van der Waals surface area contributed by atoms with Crippen LogP contribution < -0.4 is 5.32 Å². The van der Waals surface area contributed by atoms with Crippen LogP contribution in [0, 0.1) is 22.0 Å². The third-order valence-corrected chi connectivity index (χ3v) is 5.15. The van der Waals surface area contributed by atoms with E-state index in [2.05, 4.69) is 35.1 Å². The van der Waals surface area contributed by atoms with Gasteiger partial charge in [-0.05, 0) is 45.8 Å². The normalized spacial score (nSPS) is 26.4. The molecule has 1 saturated carbocycles. The molecular formula is C15H21BrN2O2. The molecule has 1 aliphatic carbocycles. The van der Waals surface area contributed by atoms with Crippen molar-refractivity contribution in [2.75, 3.05) is 0 Å². The van der Waals surface area contributed by atoms with E-state index in [0.29, 0.717) is 23.0 Å². The predicted molar refractivity (Wildman–Crippen MR) is 83.6 cm³/mol. The minimum atomic E-state index is -0.348. The van der Waals surface area contributed by atoms with Crippen LogP contribution >= 0.6 is 15.9 Å². The molecule has 0 aromatic heterocycles. The Morgan fingerprint density at radius 1 is 1.40 bits per heavy atom. The topological polar surface area (TPSA) is 55.2 Å². The molecule has 1 aromatic carbocycles. The van der Waals surface area contributed by atoms with Gasteiger partial charge in [-0.1, -0.05) is 32.8 Å². The second-order valence-corrected chi connectivity index (χ2v) is 6.65. The van der Waals surface area contributed by atoms with Crippen molar-refractivity contribution in [2.24, 2.45) is 11.8 Å². The minimum Gasteiger partial charge on any atom is -0.310 e. The first-order valence-electron chi connectivity index (χ1n) is 7.15. The SMILES string of the molecule is CC1CCCC(NCc2ccc(Br)c([N+](=O)[O-])c2)C1C. The van der Waals surface area contributed by atoms with Crippen molar-refractivity contribution in [2.45, 2.75) is 45.7 Å². The zero-order valence-electron chi connectivity index (χ0n) is 11.9. The van der Waals surface area contributed by atoms with E-state index in [9.17, 15) is 10.1 Å². The van der Waals surface area contributed by atoms with Gasteiger partial charge in [0.15, 0.2) is 0 Å². The molecule has 110 valence electrons. The van der Waals surface area contributed by atoms with Crippen molar-refractivity contribution in [3.8, 4) is 0 Å². The van der Waals surface area contributed by atoms with E-state index in [1.807, 2.05) is 6.07 Å². The molecule has 0 saturated heterocycles. The van der Waals surface area contributed by atoms with E-state index in [4.69, 9.17) is 0 Å². The molecule has 4 nitrogen and oxygen atoms in total. The summed E-state index contributed by atoms with van der Waals surface area (Å²) in [7, 11) is 0. The Morgan fingerprint density at radius 2 is 2.15 bits per heavy atom. The van der Waals surface area contributed by atoms with Crippen LogP contribution in [-0.4, -0.2) is 11.0 Å². The maximum Gasteiger partial charge on any atom is 0.283 e. The quantitative estimate of drug-likeness (QED) is 0.657. The summed E-state index contributed by atoms with van der Waals surface area (Å²) >= 11 is 3.21. The van der Waals surface area contributed by atoms with Crippen molar-refractivity contribution in [3.63, 3.8) is 0 Å². The van der Waals surface area contributed by atoms with Crippen molar-refractivity contribution >= 4 is 21.6 Å². The molecule has 0 heterocycles. The number of nitrogens with zero attached hydrogens (tertiary/aromatic N) is 1. The molecule has 1 aromatic rings. The first-order valence-corrected chi connectivity index (χ1v) is 7.94. The molecule has 0 aliphatic heterocycles. The largest absolute Gasteiger partial charge is 0.310 e. The summed E-state index contributed by atoms with van der Waals surface area (Å²) in [6, 6.07) is 5.85. The summed E-state index contributed by atoms with van der Waals surface area (Å²) in [6.07, 6.45) is 3.77. The Morgan fingerprint density at radius 3 is 2.85 bits per heavy atom. The number of hydrogen-bond donors (Lipinski definition) is 1. The van der Waals surface area contributed by atoms with E-state index in [0.717, 1.165) is 11.5 Å². The van der Waals surface area contributed by atoms with Gasteiger partial charge >= 0.3 is 0 Å². The molecule has 1 fully saturated rings. The summed E-state index contributed by atoms with van der Waals surface area (Å²) in [6.45, 7) is 5.30. The number of nitro groups is 1. The van der Waals surface area contributed by atoms with Gasteiger partial charge in [0.05, 0.1) is 9.40 Å². The summed E-state index contributed by atoms with van der Waals surface area (Å²) in [5.41, 5.74) is 1.10. The van der Waals surface area contributed by atoms with Crippen LogP contribution in [0.4, 0.5) is 5.69 Å². The molecule has 20 heavy (non-hydrogen) atoms. The lowest BCUT2D eigenvalue weighted by atomic mass is 9.78. The fourth-order valence-corrected chi connectivity index (χ4v) is 3.32. The number of hydrogen-bond acceptors (Lipinski definition) is 3. The smallest absolute Gasteiger partial charge is 0.283 e. The minimum absolute atomic E-state index is 0.134. The number of rotatable bonds is 4. The number of benzene rings is 1. The summed E-state index contributed by atoms with van der Waals surface area (Å²) in [5, 5.41) is 14.5. The monoisotopic (exact) mass is 340 g/mol. The lowest BCUT2D eigenvalue weighted by molar-refractivity contribution is -0.385. The third-order valence-electron chi connectivity index (χ3n) is 4.48. The van der Waals surface area contributed by atoms with E-state index >= 15 is 0 Å². The molecule has 0 bridgehead atoms. The first kappa shape index (κ1) is 15.4. The summed E-state index contributed by atoms with van der Waals surface area (Å²) in [5.74, 6) is 1.41. The van der Waals surface area contributed by atoms with Crippen molar-refractivity contribution in [1.29, 1.82) is 0 Å². The number of halogens is 1. The highest BCUT2D eigenvalue weighted by molar-refractivity contribution is 9.10. The number of nitrogens with one attached hydrogen (secondary N) is 1. The van der Waals surface area contributed by atoms with Gasteiger partial charge in [-0.3, -0.25) is 10.1 Å². The van der Waals surface area contributed by atoms with Crippen LogP contribution in [0.1, 0.15) is 38.7 Å². The average molecular weight is 341 g/mol. The highest BCUT2D eigenvalue weighted by atomic mass is 79.9. The fourth-order valence-electron chi connectivity index (χ4n) is 2.93. The van der Waals surface area contributed by atoms with Gasteiger partial charge in [0.1, 0.15) is 0 Å². The van der Waals surface area contributed by atoms with E-state index in [1.165, 1.54) is 19.3 Å². The molecule has 5 heteroatoms. The maximum atomic E-state index is 10.9. The molecule has 1 aliphatic rings. The Balaban J connectivity index is 2.00. The van der Waals surface area contributed by atoms with E-state index in [1.54, 1.807) is 12.1 Å². The van der Waals surface area contributed by atoms with Gasteiger partial charge in [-0.25, -0.2) is 0 Å². The maximum absolute atomic E-state index is 10.9. The van der Waals surface area contributed by atoms with Gasteiger partial charge in [0, 0.05) is 18.7 Å². The van der Waals surface area contributed by atoms with Gasteiger partial charge < -0.3 is 5.32 Å².